The molecule has 1 aromatic heterocycles. The van der Waals surface area contributed by atoms with E-state index >= 15 is 0 Å². The Morgan fingerprint density at radius 3 is 2.54 bits per heavy atom. The molecule has 0 aliphatic carbocycles. The first-order valence-electron chi connectivity index (χ1n) is 9.32. The van der Waals surface area contributed by atoms with Crippen LogP contribution in [0.4, 0.5) is 0 Å². The molecule has 2 heterocycles. The quantitative estimate of drug-likeness (QED) is 0.835. The zero-order chi connectivity index (χ0) is 20.1. The smallest absolute Gasteiger partial charge is 0.258 e. The Morgan fingerprint density at radius 1 is 1.25 bits per heavy atom. The number of halogens is 1. The second-order valence-corrected chi connectivity index (χ2v) is 7.41. The van der Waals surface area contributed by atoms with Gasteiger partial charge < -0.3 is 15.0 Å². The summed E-state index contributed by atoms with van der Waals surface area (Å²) in [6.07, 6.45) is 4.66. The van der Waals surface area contributed by atoms with E-state index in [0.717, 1.165) is 24.0 Å². The van der Waals surface area contributed by atoms with Gasteiger partial charge in [0.15, 0.2) is 6.61 Å². The molecule has 0 unspecified atom stereocenters. The number of ether oxygens (including phenoxy) is 1. The Morgan fingerprint density at radius 2 is 1.93 bits per heavy atom. The number of nitrogens with one attached hydrogen (secondary N) is 1. The number of piperidine rings is 1. The lowest BCUT2D eigenvalue weighted by molar-refractivity contribution is -0.124. The number of amides is 2. The molecule has 0 saturated carbocycles. The molecule has 1 saturated heterocycles. The molecule has 148 valence electrons. The predicted octanol–water partition coefficient (Wildman–Crippen LogP) is 3.15. The lowest BCUT2D eigenvalue weighted by Gasteiger charge is -2.32. The standard InChI is InChI=1S/C21H24ClN3O3/c1-14-10-18(11-15(2)20(14)22)28-13-19(26)24-17-5-8-25(9-6-17)21(27)16-4-3-7-23-12-16/h3-4,7,10-12,17H,5-6,8-9,13H2,1-2H3,(H,24,26). The number of aromatic nitrogens is 1. The zero-order valence-electron chi connectivity index (χ0n) is 16.1. The molecular formula is C21H24ClN3O3. The largest absolute Gasteiger partial charge is 0.484 e. The maximum Gasteiger partial charge on any atom is 0.258 e. The van der Waals surface area contributed by atoms with Crippen molar-refractivity contribution in [3.8, 4) is 5.75 Å². The van der Waals surface area contributed by atoms with Crippen LogP contribution in [0.25, 0.3) is 0 Å². The summed E-state index contributed by atoms with van der Waals surface area (Å²) >= 11 is 6.15. The van der Waals surface area contributed by atoms with Crippen molar-refractivity contribution in [3.05, 3.63) is 58.4 Å². The molecule has 28 heavy (non-hydrogen) atoms. The van der Waals surface area contributed by atoms with E-state index in [2.05, 4.69) is 10.3 Å². The molecular weight excluding hydrogens is 378 g/mol. The van der Waals surface area contributed by atoms with Gasteiger partial charge in [-0.25, -0.2) is 0 Å². The molecule has 2 amide bonds. The number of carbonyl (C=O) groups is 2. The molecule has 1 aliphatic heterocycles. The van der Waals surface area contributed by atoms with Gasteiger partial charge in [0.2, 0.25) is 0 Å². The Kier molecular flexibility index (Phi) is 6.52. The van der Waals surface area contributed by atoms with Crippen LogP contribution in [0.5, 0.6) is 5.75 Å². The van der Waals surface area contributed by atoms with Gasteiger partial charge in [0.05, 0.1) is 5.56 Å². The second-order valence-electron chi connectivity index (χ2n) is 7.04. The van der Waals surface area contributed by atoms with Crippen LogP contribution in [0.1, 0.15) is 34.3 Å². The molecule has 0 bridgehead atoms. The molecule has 1 aliphatic rings. The van der Waals surface area contributed by atoms with Crippen molar-refractivity contribution >= 4 is 23.4 Å². The first-order chi connectivity index (χ1) is 13.4. The highest BCUT2D eigenvalue weighted by Gasteiger charge is 2.24. The fraction of sp³-hybridized carbons (Fsp3) is 0.381. The van der Waals surface area contributed by atoms with Gasteiger partial charge in [0.25, 0.3) is 11.8 Å². The number of aryl methyl sites for hydroxylation is 2. The highest BCUT2D eigenvalue weighted by Crippen LogP contribution is 2.25. The number of pyridine rings is 1. The van der Waals surface area contributed by atoms with E-state index in [0.29, 0.717) is 29.4 Å². The summed E-state index contributed by atoms with van der Waals surface area (Å²) in [6, 6.07) is 7.21. The van der Waals surface area contributed by atoms with Gasteiger partial charge in [-0.1, -0.05) is 11.6 Å². The SMILES string of the molecule is Cc1cc(OCC(=O)NC2CCN(C(=O)c3cccnc3)CC2)cc(C)c1Cl. The molecule has 2 aromatic rings. The molecule has 0 spiro atoms. The minimum Gasteiger partial charge on any atom is -0.484 e. The number of benzene rings is 1. The van der Waals surface area contributed by atoms with Crippen molar-refractivity contribution in [2.45, 2.75) is 32.7 Å². The van der Waals surface area contributed by atoms with Crippen molar-refractivity contribution < 1.29 is 14.3 Å². The lowest BCUT2D eigenvalue weighted by atomic mass is 10.0. The van der Waals surface area contributed by atoms with Gasteiger partial charge >= 0.3 is 0 Å². The summed E-state index contributed by atoms with van der Waals surface area (Å²) in [6.45, 7) is 4.98. The highest BCUT2D eigenvalue weighted by atomic mass is 35.5. The normalized spacial score (nSPS) is 14.6. The molecule has 1 fully saturated rings. The Bertz CT molecular complexity index is 826. The van der Waals surface area contributed by atoms with E-state index in [-0.39, 0.29) is 24.5 Å². The van der Waals surface area contributed by atoms with Crippen LogP contribution in [-0.2, 0) is 4.79 Å². The maximum atomic E-state index is 12.4. The van der Waals surface area contributed by atoms with Gasteiger partial charge in [0.1, 0.15) is 5.75 Å². The van der Waals surface area contributed by atoms with Crippen LogP contribution in [-0.4, -0.2) is 47.4 Å². The van der Waals surface area contributed by atoms with Gasteiger partial charge in [0, 0.05) is 36.5 Å². The summed E-state index contributed by atoms with van der Waals surface area (Å²) < 4.78 is 5.60. The summed E-state index contributed by atoms with van der Waals surface area (Å²) in [5.74, 6) is 0.448. The first-order valence-corrected chi connectivity index (χ1v) is 9.70. The number of carbonyl (C=O) groups excluding carboxylic acids is 2. The third-order valence-corrected chi connectivity index (χ3v) is 5.43. The van der Waals surface area contributed by atoms with Crippen molar-refractivity contribution in [1.29, 1.82) is 0 Å². The first kappa shape index (κ1) is 20.1. The molecule has 0 radical (unpaired) electrons. The van der Waals surface area contributed by atoms with E-state index in [1.165, 1.54) is 0 Å². The van der Waals surface area contributed by atoms with Gasteiger partial charge in [-0.15, -0.1) is 0 Å². The fourth-order valence-electron chi connectivity index (χ4n) is 3.31. The molecule has 1 N–H and O–H groups in total. The van der Waals surface area contributed by atoms with E-state index < -0.39 is 0 Å². The topological polar surface area (TPSA) is 71.5 Å². The van der Waals surface area contributed by atoms with Gasteiger partial charge in [-0.05, 0) is 62.1 Å². The summed E-state index contributed by atoms with van der Waals surface area (Å²) in [7, 11) is 0. The van der Waals surface area contributed by atoms with Crippen LogP contribution in [0.2, 0.25) is 5.02 Å². The van der Waals surface area contributed by atoms with Crippen LogP contribution in [0.15, 0.2) is 36.7 Å². The van der Waals surface area contributed by atoms with E-state index in [4.69, 9.17) is 16.3 Å². The maximum absolute atomic E-state index is 12.4. The third kappa shape index (κ3) is 5.01. The minimum atomic E-state index is -0.165. The number of hydrogen-bond acceptors (Lipinski definition) is 4. The van der Waals surface area contributed by atoms with Crippen molar-refractivity contribution in [2.24, 2.45) is 0 Å². The Balaban J connectivity index is 1.44. The zero-order valence-corrected chi connectivity index (χ0v) is 16.8. The number of hydrogen-bond donors (Lipinski definition) is 1. The lowest BCUT2D eigenvalue weighted by Crippen LogP contribution is -2.47. The van der Waals surface area contributed by atoms with E-state index in [1.807, 2.05) is 26.0 Å². The third-order valence-electron chi connectivity index (χ3n) is 4.84. The molecule has 6 nitrogen and oxygen atoms in total. The summed E-state index contributed by atoms with van der Waals surface area (Å²) in [5.41, 5.74) is 2.43. The van der Waals surface area contributed by atoms with E-state index in [1.54, 1.807) is 29.4 Å². The molecule has 0 atom stereocenters. The van der Waals surface area contributed by atoms with Crippen molar-refractivity contribution in [1.82, 2.24) is 15.2 Å². The van der Waals surface area contributed by atoms with Crippen LogP contribution >= 0.6 is 11.6 Å². The number of likely N-dealkylation sites (tertiary alicyclic amines) is 1. The molecule has 7 heteroatoms. The number of rotatable bonds is 5. The van der Waals surface area contributed by atoms with Gasteiger partial charge in [-0.3, -0.25) is 14.6 Å². The molecule has 1 aromatic carbocycles. The monoisotopic (exact) mass is 401 g/mol. The van der Waals surface area contributed by atoms with E-state index in [9.17, 15) is 9.59 Å². The van der Waals surface area contributed by atoms with Crippen molar-refractivity contribution in [3.63, 3.8) is 0 Å². The van der Waals surface area contributed by atoms with Crippen molar-refractivity contribution in [2.75, 3.05) is 19.7 Å². The summed E-state index contributed by atoms with van der Waals surface area (Å²) in [5, 5.41) is 3.70. The average Bonchev–Trinajstić information content (AvgIpc) is 2.71. The van der Waals surface area contributed by atoms with Gasteiger partial charge in [-0.2, -0.15) is 0 Å². The van der Waals surface area contributed by atoms with Crippen LogP contribution in [0, 0.1) is 13.8 Å². The highest BCUT2D eigenvalue weighted by molar-refractivity contribution is 6.32. The predicted molar refractivity (Wildman–Crippen MR) is 108 cm³/mol. The van der Waals surface area contributed by atoms with Crippen LogP contribution < -0.4 is 10.1 Å². The average molecular weight is 402 g/mol. The Labute approximate surface area is 169 Å². The van der Waals surface area contributed by atoms with Crippen LogP contribution in [0.3, 0.4) is 0 Å². The second kappa shape index (κ2) is 9.06. The summed E-state index contributed by atoms with van der Waals surface area (Å²) in [4.78, 5) is 30.4. The fourth-order valence-corrected chi connectivity index (χ4v) is 3.42. The number of nitrogens with zero attached hydrogens (tertiary/aromatic N) is 2. The minimum absolute atomic E-state index is 0.0188. The molecule has 3 rings (SSSR count). The Hall–Kier alpha value is -2.60.